The van der Waals surface area contributed by atoms with Crippen molar-refractivity contribution in [2.24, 2.45) is 11.7 Å². The van der Waals surface area contributed by atoms with E-state index in [-0.39, 0.29) is 6.04 Å². The monoisotopic (exact) mass is 284 g/mol. The molecule has 0 radical (unpaired) electrons. The molecule has 2 N–H and O–H groups in total. The molecule has 0 spiro atoms. The standard InChI is InChI=1S/C14H25ClN4/c1-4-12-14(15)13(19(5-2)17-12)9-18-7-6-11(8-18)10(3)16/h10-11H,4-9,16H2,1-3H3. The third-order valence-corrected chi connectivity index (χ3v) is 4.56. The number of rotatable bonds is 5. The molecule has 5 heteroatoms. The maximum Gasteiger partial charge on any atom is 0.0863 e. The van der Waals surface area contributed by atoms with Crippen LogP contribution in [0.25, 0.3) is 0 Å². The molecule has 2 heterocycles. The molecule has 1 fully saturated rings. The largest absolute Gasteiger partial charge is 0.328 e. The maximum atomic E-state index is 6.45. The van der Waals surface area contributed by atoms with Crippen molar-refractivity contribution < 1.29 is 0 Å². The van der Waals surface area contributed by atoms with E-state index in [1.54, 1.807) is 0 Å². The summed E-state index contributed by atoms with van der Waals surface area (Å²) in [5.41, 5.74) is 8.17. The Morgan fingerprint density at radius 2 is 2.21 bits per heavy atom. The quantitative estimate of drug-likeness (QED) is 0.902. The first-order valence-electron chi connectivity index (χ1n) is 7.28. The topological polar surface area (TPSA) is 47.1 Å². The SMILES string of the molecule is CCc1nn(CC)c(CN2CCC(C(C)N)C2)c1Cl. The Balaban J connectivity index is 2.09. The van der Waals surface area contributed by atoms with Gasteiger partial charge in [0.15, 0.2) is 0 Å². The predicted octanol–water partition coefficient (Wildman–Crippen LogP) is 2.29. The van der Waals surface area contributed by atoms with Gasteiger partial charge in [-0.1, -0.05) is 18.5 Å². The Kier molecular flexibility index (Phi) is 4.87. The summed E-state index contributed by atoms with van der Waals surface area (Å²) in [4.78, 5) is 2.45. The van der Waals surface area contributed by atoms with Crippen LogP contribution in [0, 0.1) is 5.92 Å². The summed E-state index contributed by atoms with van der Waals surface area (Å²) < 4.78 is 2.04. The van der Waals surface area contributed by atoms with E-state index >= 15 is 0 Å². The Morgan fingerprint density at radius 3 is 2.74 bits per heavy atom. The van der Waals surface area contributed by atoms with Gasteiger partial charge in [-0.05, 0) is 39.2 Å². The van der Waals surface area contributed by atoms with Crippen molar-refractivity contribution in [1.82, 2.24) is 14.7 Å². The molecule has 4 nitrogen and oxygen atoms in total. The molecule has 0 saturated carbocycles. The van der Waals surface area contributed by atoms with Crippen LogP contribution < -0.4 is 5.73 Å². The molecule has 1 saturated heterocycles. The molecule has 1 aliphatic heterocycles. The summed E-state index contributed by atoms with van der Waals surface area (Å²) in [6.07, 6.45) is 2.08. The molecule has 0 amide bonds. The molecule has 2 rings (SSSR count). The second-order valence-corrected chi connectivity index (χ2v) is 5.90. The normalized spacial score (nSPS) is 22.1. The lowest BCUT2D eigenvalue weighted by Crippen LogP contribution is -2.30. The fraction of sp³-hybridized carbons (Fsp3) is 0.786. The van der Waals surface area contributed by atoms with E-state index in [1.807, 2.05) is 4.68 Å². The van der Waals surface area contributed by atoms with Crippen LogP contribution in [-0.2, 0) is 19.5 Å². The number of hydrogen-bond donors (Lipinski definition) is 1. The van der Waals surface area contributed by atoms with Gasteiger partial charge in [0.2, 0.25) is 0 Å². The van der Waals surface area contributed by atoms with E-state index in [9.17, 15) is 0 Å². The number of nitrogens with two attached hydrogens (primary N) is 1. The van der Waals surface area contributed by atoms with Gasteiger partial charge in [0.1, 0.15) is 0 Å². The zero-order valence-corrected chi connectivity index (χ0v) is 13.0. The van der Waals surface area contributed by atoms with Gasteiger partial charge in [0, 0.05) is 25.7 Å². The molecular formula is C14H25ClN4. The minimum atomic E-state index is 0.280. The lowest BCUT2D eigenvalue weighted by molar-refractivity contribution is 0.298. The zero-order chi connectivity index (χ0) is 14.0. The molecule has 1 aliphatic rings. The number of aryl methyl sites for hydroxylation is 2. The summed E-state index contributed by atoms with van der Waals surface area (Å²) >= 11 is 6.45. The van der Waals surface area contributed by atoms with Crippen molar-refractivity contribution in [2.75, 3.05) is 13.1 Å². The van der Waals surface area contributed by atoms with Gasteiger partial charge in [0.05, 0.1) is 16.4 Å². The lowest BCUT2D eigenvalue weighted by Gasteiger charge is -2.18. The molecule has 0 aliphatic carbocycles. The number of likely N-dealkylation sites (tertiary alicyclic amines) is 1. The molecule has 0 bridgehead atoms. The third kappa shape index (κ3) is 3.12. The van der Waals surface area contributed by atoms with Crippen LogP contribution in [-0.4, -0.2) is 33.8 Å². The Bertz CT molecular complexity index is 427. The van der Waals surface area contributed by atoms with Gasteiger partial charge in [-0.15, -0.1) is 0 Å². The van der Waals surface area contributed by atoms with E-state index in [0.29, 0.717) is 5.92 Å². The highest BCUT2D eigenvalue weighted by Crippen LogP contribution is 2.26. The Hall–Kier alpha value is -0.580. The first-order valence-corrected chi connectivity index (χ1v) is 7.66. The number of hydrogen-bond acceptors (Lipinski definition) is 3. The average Bonchev–Trinajstić information content (AvgIpc) is 2.96. The van der Waals surface area contributed by atoms with Gasteiger partial charge in [-0.3, -0.25) is 9.58 Å². The first kappa shape index (κ1) is 14.8. The molecule has 108 valence electrons. The zero-order valence-electron chi connectivity index (χ0n) is 12.2. The van der Waals surface area contributed by atoms with Crippen LogP contribution >= 0.6 is 11.6 Å². The van der Waals surface area contributed by atoms with Crippen LogP contribution in [0.1, 0.15) is 38.6 Å². The Labute approximate surface area is 120 Å². The van der Waals surface area contributed by atoms with E-state index in [4.69, 9.17) is 17.3 Å². The van der Waals surface area contributed by atoms with Gasteiger partial charge < -0.3 is 5.73 Å². The number of halogens is 1. The van der Waals surface area contributed by atoms with Gasteiger partial charge in [-0.25, -0.2) is 0 Å². The predicted molar refractivity (Wildman–Crippen MR) is 79.3 cm³/mol. The number of nitrogens with zero attached hydrogens (tertiary/aromatic N) is 3. The van der Waals surface area contributed by atoms with Crippen LogP contribution in [0.5, 0.6) is 0 Å². The van der Waals surface area contributed by atoms with Crippen LogP contribution in [0.4, 0.5) is 0 Å². The van der Waals surface area contributed by atoms with E-state index in [2.05, 4.69) is 30.8 Å². The molecule has 0 aromatic carbocycles. The molecule has 2 unspecified atom stereocenters. The minimum Gasteiger partial charge on any atom is -0.328 e. The highest BCUT2D eigenvalue weighted by molar-refractivity contribution is 6.31. The molecular weight excluding hydrogens is 260 g/mol. The van der Waals surface area contributed by atoms with Gasteiger partial charge >= 0.3 is 0 Å². The second kappa shape index (κ2) is 6.25. The summed E-state index contributed by atoms with van der Waals surface area (Å²) in [6, 6.07) is 0.280. The highest BCUT2D eigenvalue weighted by atomic mass is 35.5. The molecule has 1 aromatic rings. The molecule has 2 atom stereocenters. The Morgan fingerprint density at radius 1 is 1.47 bits per heavy atom. The third-order valence-electron chi connectivity index (χ3n) is 4.12. The lowest BCUT2D eigenvalue weighted by atomic mass is 10.0. The summed E-state index contributed by atoms with van der Waals surface area (Å²) in [5, 5.41) is 5.43. The van der Waals surface area contributed by atoms with Crippen molar-refractivity contribution in [3.63, 3.8) is 0 Å². The van der Waals surface area contributed by atoms with E-state index in [0.717, 1.165) is 49.0 Å². The van der Waals surface area contributed by atoms with Crippen molar-refractivity contribution >= 4 is 11.6 Å². The average molecular weight is 285 g/mol. The summed E-state index contributed by atoms with van der Waals surface area (Å²) in [7, 11) is 0. The van der Waals surface area contributed by atoms with E-state index in [1.165, 1.54) is 6.42 Å². The van der Waals surface area contributed by atoms with Crippen molar-refractivity contribution in [2.45, 2.75) is 52.7 Å². The summed E-state index contributed by atoms with van der Waals surface area (Å²) in [6.45, 7) is 10.3. The molecule has 1 aromatic heterocycles. The van der Waals surface area contributed by atoms with Gasteiger partial charge in [0.25, 0.3) is 0 Å². The first-order chi connectivity index (χ1) is 9.06. The fourth-order valence-electron chi connectivity index (χ4n) is 2.82. The highest BCUT2D eigenvalue weighted by Gasteiger charge is 2.27. The maximum absolute atomic E-state index is 6.45. The smallest absolute Gasteiger partial charge is 0.0863 e. The van der Waals surface area contributed by atoms with E-state index < -0.39 is 0 Å². The van der Waals surface area contributed by atoms with Gasteiger partial charge in [-0.2, -0.15) is 5.10 Å². The second-order valence-electron chi connectivity index (χ2n) is 5.52. The van der Waals surface area contributed by atoms with Crippen LogP contribution in [0.3, 0.4) is 0 Å². The van der Waals surface area contributed by atoms with Crippen LogP contribution in [0.2, 0.25) is 5.02 Å². The minimum absolute atomic E-state index is 0.280. The number of aromatic nitrogens is 2. The van der Waals surface area contributed by atoms with Crippen molar-refractivity contribution in [3.05, 3.63) is 16.4 Å². The summed E-state index contributed by atoms with van der Waals surface area (Å²) in [5.74, 6) is 0.613. The van der Waals surface area contributed by atoms with Crippen LogP contribution in [0.15, 0.2) is 0 Å². The fourth-order valence-corrected chi connectivity index (χ4v) is 3.14. The molecule has 19 heavy (non-hydrogen) atoms. The van der Waals surface area contributed by atoms with Crippen molar-refractivity contribution in [3.8, 4) is 0 Å². The van der Waals surface area contributed by atoms with Crippen molar-refractivity contribution in [1.29, 1.82) is 0 Å².